The van der Waals surface area contributed by atoms with E-state index >= 15 is 0 Å². The Kier molecular flexibility index (Phi) is 5.57. The van der Waals surface area contributed by atoms with E-state index in [1.54, 1.807) is 0 Å². The monoisotopic (exact) mass is 261 g/mol. The van der Waals surface area contributed by atoms with Crippen molar-refractivity contribution in [1.82, 2.24) is 5.32 Å². The van der Waals surface area contributed by atoms with Crippen LogP contribution in [0.5, 0.6) is 0 Å². The molecule has 0 aromatic heterocycles. The van der Waals surface area contributed by atoms with Crippen molar-refractivity contribution < 1.29 is 8.78 Å². The maximum atomic E-state index is 13.1. The van der Waals surface area contributed by atoms with Crippen LogP contribution < -0.4 is 5.32 Å². The Morgan fingerprint density at radius 1 is 1.33 bits per heavy atom. The Morgan fingerprint density at radius 3 is 2.44 bits per heavy atom. The first kappa shape index (κ1) is 15.9. The fourth-order valence-electron chi connectivity index (χ4n) is 2.85. The average Bonchev–Trinajstić information content (AvgIpc) is 2.56. The van der Waals surface area contributed by atoms with Crippen LogP contribution in [-0.2, 0) is 0 Å². The largest absolute Gasteiger partial charge is 0.313 e. The molecule has 2 unspecified atom stereocenters. The van der Waals surface area contributed by atoms with E-state index in [9.17, 15) is 8.78 Å². The minimum Gasteiger partial charge on any atom is -0.313 e. The van der Waals surface area contributed by atoms with Crippen molar-refractivity contribution in [1.29, 1.82) is 0 Å². The molecule has 0 aromatic rings. The highest BCUT2D eigenvalue weighted by Crippen LogP contribution is 2.41. The van der Waals surface area contributed by atoms with E-state index in [-0.39, 0.29) is 24.2 Å². The molecule has 0 bridgehead atoms. The minimum atomic E-state index is -2.39. The second-order valence-electron chi connectivity index (χ2n) is 6.91. The average molecular weight is 261 g/mol. The van der Waals surface area contributed by atoms with Crippen LogP contribution in [0.2, 0.25) is 0 Å². The lowest BCUT2D eigenvalue weighted by Gasteiger charge is -2.32. The van der Waals surface area contributed by atoms with Gasteiger partial charge in [-0.3, -0.25) is 0 Å². The van der Waals surface area contributed by atoms with Gasteiger partial charge in [0.2, 0.25) is 5.92 Å². The highest BCUT2D eigenvalue weighted by atomic mass is 19.3. The Hall–Kier alpha value is -0.180. The summed E-state index contributed by atoms with van der Waals surface area (Å²) in [5, 5.41) is 3.57. The summed E-state index contributed by atoms with van der Waals surface area (Å²) >= 11 is 0. The predicted octanol–water partition coefficient (Wildman–Crippen LogP) is 4.62. The summed E-state index contributed by atoms with van der Waals surface area (Å²) < 4.78 is 26.3. The van der Waals surface area contributed by atoms with E-state index in [0.717, 1.165) is 25.8 Å². The van der Waals surface area contributed by atoms with E-state index in [1.165, 1.54) is 0 Å². The van der Waals surface area contributed by atoms with Gasteiger partial charge in [0, 0.05) is 18.9 Å². The predicted molar refractivity (Wildman–Crippen MR) is 73.1 cm³/mol. The first-order valence-corrected chi connectivity index (χ1v) is 7.36. The third-order valence-corrected chi connectivity index (χ3v) is 4.06. The quantitative estimate of drug-likeness (QED) is 0.736. The van der Waals surface area contributed by atoms with Gasteiger partial charge in [-0.25, -0.2) is 8.78 Å². The molecule has 1 aliphatic rings. The van der Waals surface area contributed by atoms with Crippen molar-refractivity contribution in [2.24, 2.45) is 11.3 Å². The topological polar surface area (TPSA) is 12.0 Å². The Labute approximate surface area is 111 Å². The van der Waals surface area contributed by atoms with Gasteiger partial charge >= 0.3 is 0 Å². The molecule has 0 aliphatic heterocycles. The lowest BCUT2D eigenvalue weighted by Crippen LogP contribution is -2.40. The molecule has 108 valence electrons. The van der Waals surface area contributed by atoms with E-state index in [0.29, 0.717) is 12.5 Å². The lowest BCUT2D eigenvalue weighted by atomic mass is 9.82. The SMILES string of the molecule is CCCNC(CCC1CCC(F)(F)C1)C(C)(C)C. The van der Waals surface area contributed by atoms with Crippen molar-refractivity contribution in [3.63, 3.8) is 0 Å². The standard InChI is InChI=1S/C15H29F2N/c1-5-10-18-13(14(2,3)4)7-6-12-8-9-15(16,17)11-12/h12-13,18H,5-11H2,1-4H3. The van der Waals surface area contributed by atoms with Gasteiger partial charge in [0.25, 0.3) is 0 Å². The molecule has 0 radical (unpaired) electrons. The molecule has 1 aliphatic carbocycles. The number of rotatable bonds is 6. The van der Waals surface area contributed by atoms with Gasteiger partial charge < -0.3 is 5.32 Å². The summed E-state index contributed by atoms with van der Waals surface area (Å²) in [6.45, 7) is 9.85. The summed E-state index contributed by atoms with van der Waals surface area (Å²) in [4.78, 5) is 0. The molecule has 1 rings (SSSR count). The van der Waals surface area contributed by atoms with Crippen LogP contribution in [-0.4, -0.2) is 18.5 Å². The van der Waals surface area contributed by atoms with Crippen molar-refractivity contribution >= 4 is 0 Å². The van der Waals surface area contributed by atoms with Crippen LogP contribution in [0.3, 0.4) is 0 Å². The van der Waals surface area contributed by atoms with E-state index in [2.05, 4.69) is 33.0 Å². The number of alkyl halides is 2. The van der Waals surface area contributed by atoms with Crippen LogP contribution in [0.4, 0.5) is 8.78 Å². The molecule has 0 saturated heterocycles. The maximum Gasteiger partial charge on any atom is 0.248 e. The zero-order valence-electron chi connectivity index (χ0n) is 12.4. The Balaban J connectivity index is 2.38. The van der Waals surface area contributed by atoms with Crippen LogP contribution in [0.15, 0.2) is 0 Å². The molecule has 2 atom stereocenters. The van der Waals surface area contributed by atoms with Crippen molar-refractivity contribution in [2.75, 3.05) is 6.54 Å². The van der Waals surface area contributed by atoms with Crippen LogP contribution >= 0.6 is 0 Å². The van der Waals surface area contributed by atoms with E-state index in [4.69, 9.17) is 0 Å². The number of halogens is 2. The number of hydrogen-bond donors (Lipinski definition) is 1. The summed E-state index contributed by atoms with van der Waals surface area (Å²) in [5.74, 6) is -2.16. The van der Waals surface area contributed by atoms with E-state index < -0.39 is 5.92 Å². The van der Waals surface area contributed by atoms with Crippen molar-refractivity contribution in [2.45, 2.75) is 78.2 Å². The van der Waals surface area contributed by atoms with Gasteiger partial charge in [0.15, 0.2) is 0 Å². The normalized spacial score (nSPS) is 25.3. The van der Waals surface area contributed by atoms with Crippen LogP contribution in [0.1, 0.15) is 66.2 Å². The van der Waals surface area contributed by atoms with Crippen LogP contribution in [0.25, 0.3) is 0 Å². The van der Waals surface area contributed by atoms with Gasteiger partial charge in [-0.15, -0.1) is 0 Å². The number of nitrogens with one attached hydrogen (secondary N) is 1. The summed E-state index contributed by atoms with van der Waals surface area (Å²) in [6.07, 6.45) is 3.99. The smallest absolute Gasteiger partial charge is 0.248 e. The molecule has 18 heavy (non-hydrogen) atoms. The molecule has 1 N–H and O–H groups in total. The van der Waals surface area contributed by atoms with Crippen molar-refractivity contribution in [3.8, 4) is 0 Å². The van der Waals surface area contributed by atoms with Crippen molar-refractivity contribution in [3.05, 3.63) is 0 Å². The van der Waals surface area contributed by atoms with Crippen LogP contribution in [0, 0.1) is 11.3 Å². The zero-order chi connectivity index (χ0) is 13.8. The third-order valence-electron chi connectivity index (χ3n) is 4.06. The molecule has 0 amide bonds. The molecule has 0 aromatic carbocycles. The second-order valence-corrected chi connectivity index (χ2v) is 6.91. The molecule has 1 nitrogen and oxygen atoms in total. The van der Waals surface area contributed by atoms with E-state index in [1.807, 2.05) is 0 Å². The summed E-state index contributed by atoms with van der Waals surface area (Å²) in [5.41, 5.74) is 0.205. The maximum absolute atomic E-state index is 13.1. The van der Waals surface area contributed by atoms with Gasteiger partial charge in [-0.1, -0.05) is 27.7 Å². The zero-order valence-corrected chi connectivity index (χ0v) is 12.4. The lowest BCUT2D eigenvalue weighted by molar-refractivity contribution is 0.00440. The third kappa shape index (κ3) is 5.21. The first-order chi connectivity index (χ1) is 8.24. The highest BCUT2D eigenvalue weighted by Gasteiger charge is 2.39. The number of hydrogen-bond acceptors (Lipinski definition) is 1. The van der Waals surface area contributed by atoms with Gasteiger partial charge in [0.1, 0.15) is 0 Å². The van der Waals surface area contributed by atoms with Gasteiger partial charge in [-0.05, 0) is 43.6 Å². The summed E-state index contributed by atoms with van der Waals surface area (Å²) in [7, 11) is 0. The molecular formula is C15H29F2N. The molecule has 1 saturated carbocycles. The fraction of sp³-hybridized carbons (Fsp3) is 1.00. The molecule has 1 fully saturated rings. The Bertz CT molecular complexity index is 245. The van der Waals surface area contributed by atoms with Gasteiger partial charge in [0.05, 0.1) is 0 Å². The molecule has 3 heteroatoms. The molecule has 0 heterocycles. The highest BCUT2D eigenvalue weighted by molar-refractivity contribution is 4.85. The summed E-state index contributed by atoms with van der Waals surface area (Å²) in [6, 6.07) is 0.437. The molecule has 0 spiro atoms. The fourth-order valence-corrected chi connectivity index (χ4v) is 2.85. The Morgan fingerprint density at radius 2 is 2.00 bits per heavy atom. The minimum absolute atomic E-state index is 0.0975. The first-order valence-electron chi connectivity index (χ1n) is 7.36. The van der Waals surface area contributed by atoms with Gasteiger partial charge in [-0.2, -0.15) is 0 Å². The molecular weight excluding hydrogens is 232 g/mol. The second kappa shape index (κ2) is 6.31.